The van der Waals surface area contributed by atoms with Gasteiger partial charge in [-0.3, -0.25) is 0 Å². The molecule has 0 atom stereocenters. The Morgan fingerprint density at radius 2 is 2.05 bits per heavy atom. The molecule has 2 rings (SSSR count). The molecule has 1 fully saturated rings. The summed E-state index contributed by atoms with van der Waals surface area (Å²) in [7, 11) is 0. The molecular formula is C16H21ClO3. The van der Waals surface area contributed by atoms with E-state index in [2.05, 4.69) is 0 Å². The third kappa shape index (κ3) is 4.14. The van der Waals surface area contributed by atoms with Crippen LogP contribution in [0.5, 0.6) is 5.75 Å². The van der Waals surface area contributed by atoms with E-state index in [0.717, 1.165) is 24.2 Å². The molecule has 0 bridgehead atoms. The van der Waals surface area contributed by atoms with Gasteiger partial charge in [0.05, 0.1) is 6.61 Å². The Labute approximate surface area is 125 Å². The largest absolute Gasteiger partial charge is 0.482 e. The molecule has 1 aliphatic rings. The Kier molecular flexibility index (Phi) is 5.72. The monoisotopic (exact) mass is 296 g/mol. The standard InChI is InChI=1S/C16H21ClO3/c1-2-19-16(18)11-20-15-9-8-13(17)10-14(15)12-6-4-3-5-7-12/h8-10,12H,2-7,11H2,1H3. The van der Waals surface area contributed by atoms with Crippen molar-refractivity contribution in [2.45, 2.75) is 44.9 Å². The Balaban J connectivity index is 2.08. The van der Waals surface area contributed by atoms with E-state index in [1.54, 1.807) is 13.0 Å². The predicted molar refractivity (Wildman–Crippen MR) is 79.4 cm³/mol. The normalized spacial score (nSPS) is 15.9. The van der Waals surface area contributed by atoms with Crippen LogP contribution in [0, 0.1) is 0 Å². The fourth-order valence-electron chi connectivity index (χ4n) is 2.72. The first-order valence-electron chi connectivity index (χ1n) is 7.28. The van der Waals surface area contributed by atoms with Gasteiger partial charge in [0.25, 0.3) is 0 Å². The van der Waals surface area contributed by atoms with Crippen LogP contribution in [0.25, 0.3) is 0 Å². The maximum Gasteiger partial charge on any atom is 0.344 e. The Bertz CT molecular complexity index is 453. The first-order valence-corrected chi connectivity index (χ1v) is 7.66. The second kappa shape index (κ2) is 7.53. The summed E-state index contributed by atoms with van der Waals surface area (Å²) in [6.07, 6.45) is 6.12. The molecule has 1 aromatic rings. The number of ether oxygens (including phenoxy) is 2. The molecule has 0 unspecified atom stereocenters. The maximum atomic E-state index is 11.4. The summed E-state index contributed by atoms with van der Waals surface area (Å²) in [6, 6.07) is 5.62. The minimum atomic E-state index is -0.336. The second-order valence-corrected chi connectivity index (χ2v) is 5.55. The van der Waals surface area contributed by atoms with Crippen molar-refractivity contribution in [1.82, 2.24) is 0 Å². The highest BCUT2D eigenvalue weighted by Gasteiger charge is 2.20. The SMILES string of the molecule is CCOC(=O)COc1ccc(Cl)cc1C1CCCCC1. The molecule has 0 aliphatic heterocycles. The molecule has 4 heteroatoms. The average molecular weight is 297 g/mol. The van der Waals surface area contributed by atoms with Crippen LogP contribution in [0.3, 0.4) is 0 Å². The van der Waals surface area contributed by atoms with Gasteiger partial charge in [0.2, 0.25) is 0 Å². The van der Waals surface area contributed by atoms with E-state index in [4.69, 9.17) is 21.1 Å². The van der Waals surface area contributed by atoms with Crippen LogP contribution in [0.1, 0.15) is 50.5 Å². The van der Waals surface area contributed by atoms with Gasteiger partial charge < -0.3 is 9.47 Å². The van der Waals surface area contributed by atoms with Gasteiger partial charge in [0.15, 0.2) is 6.61 Å². The highest BCUT2D eigenvalue weighted by Crippen LogP contribution is 2.38. The molecule has 0 aromatic heterocycles. The van der Waals surface area contributed by atoms with Crippen LogP contribution in [-0.4, -0.2) is 19.2 Å². The van der Waals surface area contributed by atoms with Crippen LogP contribution < -0.4 is 4.74 Å². The van der Waals surface area contributed by atoms with E-state index in [1.807, 2.05) is 12.1 Å². The molecule has 0 N–H and O–H groups in total. The molecular weight excluding hydrogens is 276 g/mol. The highest BCUT2D eigenvalue weighted by atomic mass is 35.5. The number of halogens is 1. The highest BCUT2D eigenvalue weighted by molar-refractivity contribution is 6.30. The van der Waals surface area contributed by atoms with E-state index < -0.39 is 0 Å². The lowest BCUT2D eigenvalue weighted by Gasteiger charge is -2.24. The molecule has 0 amide bonds. The van der Waals surface area contributed by atoms with Crippen LogP contribution in [0.15, 0.2) is 18.2 Å². The van der Waals surface area contributed by atoms with Gasteiger partial charge in [-0.05, 0) is 49.4 Å². The summed E-state index contributed by atoms with van der Waals surface area (Å²) in [6.45, 7) is 2.11. The van der Waals surface area contributed by atoms with Crippen molar-refractivity contribution >= 4 is 17.6 Å². The Morgan fingerprint density at radius 3 is 2.75 bits per heavy atom. The zero-order valence-electron chi connectivity index (χ0n) is 11.9. The number of rotatable bonds is 5. The number of hydrogen-bond acceptors (Lipinski definition) is 3. The molecule has 0 saturated heterocycles. The van der Waals surface area contributed by atoms with E-state index in [1.165, 1.54) is 19.3 Å². The third-order valence-corrected chi connectivity index (χ3v) is 3.90. The summed E-state index contributed by atoms with van der Waals surface area (Å²) in [4.78, 5) is 11.4. The van der Waals surface area contributed by atoms with E-state index in [0.29, 0.717) is 17.5 Å². The summed E-state index contributed by atoms with van der Waals surface area (Å²) < 4.78 is 10.5. The number of benzene rings is 1. The zero-order valence-corrected chi connectivity index (χ0v) is 12.6. The molecule has 0 spiro atoms. The summed E-state index contributed by atoms with van der Waals surface area (Å²) >= 11 is 6.10. The molecule has 3 nitrogen and oxygen atoms in total. The number of esters is 1. The van der Waals surface area contributed by atoms with Crippen molar-refractivity contribution in [3.8, 4) is 5.75 Å². The summed E-state index contributed by atoms with van der Waals surface area (Å²) in [5.41, 5.74) is 1.13. The molecule has 1 saturated carbocycles. The van der Waals surface area contributed by atoms with Crippen LogP contribution >= 0.6 is 11.6 Å². The quantitative estimate of drug-likeness (QED) is 0.759. The number of carbonyl (C=O) groups excluding carboxylic acids is 1. The maximum absolute atomic E-state index is 11.4. The van der Waals surface area contributed by atoms with Crippen LogP contribution in [-0.2, 0) is 9.53 Å². The van der Waals surface area contributed by atoms with Crippen molar-refractivity contribution in [1.29, 1.82) is 0 Å². The zero-order chi connectivity index (χ0) is 14.4. The van der Waals surface area contributed by atoms with Crippen molar-refractivity contribution in [2.24, 2.45) is 0 Å². The van der Waals surface area contributed by atoms with Gasteiger partial charge in [0, 0.05) is 5.02 Å². The van der Waals surface area contributed by atoms with E-state index >= 15 is 0 Å². The van der Waals surface area contributed by atoms with Crippen LogP contribution in [0.4, 0.5) is 0 Å². The Hall–Kier alpha value is -1.22. The Morgan fingerprint density at radius 1 is 1.30 bits per heavy atom. The summed E-state index contributed by atoms with van der Waals surface area (Å²) in [5, 5.41) is 0.717. The lowest BCUT2D eigenvalue weighted by molar-refractivity contribution is -0.145. The molecule has 0 heterocycles. The summed E-state index contributed by atoms with van der Waals surface area (Å²) in [5.74, 6) is 0.908. The van der Waals surface area contributed by atoms with Crippen molar-refractivity contribution < 1.29 is 14.3 Å². The topological polar surface area (TPSA) is 35.5 Å². The second-order valence-electron chi connectivity index (χ2n) is 5.11. The first kappa shape index (κ1) is 15.2. The van der Waals surface area contributed by atoms with Gasteiger partial charge in [0.1, 0.15) is 5.75 Å². The minimum Gasteiger partial charge on any atom is -0.482 e. The minimum absolute atomic E-state index is 0.0464. The van der Waals surface area contributed by atoms with Gasteiger partial charge in [-0.2, -0.15) is 0 Å². The molecule has 1 aliphatic carbocycles. The number of hydrogen-bond donors (Lipinski definition) is 0. The average Bonchev–Trinajstić information content (AvgIpc) is 2.47. The van der Waals surface area contributed by atoms with Crippen molar-refractivity contribution in [3.05, 3.63) is 28.8 Å². The molecule has 0 radical (unpaired) electrons. The van der Waals surface area contributed by atoms with Crippen LogP contribution in [0.2, 0.25) is 5.02 Å². The first-order chi connectivity index (χ1) is 9.70. The van der Waals surface area contributed by atoms with E-state index in [-0.39, 0.29) is 12.6 Å². The molecule has 1 aromatic carbocycles. The predicted octanol–water partition coefficient (Wildman–Crippen LogP) is 4.33. The van der Waals surface area contributed by atoms with Gasteiger partial charge in [-0.1, -0.05) is 30.9 Å². The molecule has 20 heavy (non-hydrogen) atoms. The van der Waals surface area contributed by atoms with Crippen molar-refractivity contribution in [2.75, 3.05) is 13.2 Å². The lowest BCUT2D eigenvalue weighted by atomic mass is 9.84. The van der Waals surface area contributed by atoms with Gasteiger partial charge in [-0.15, -0.1) is 0 Å². The fraction of sp³-hybridized carbons (Fsp3) is 0.562. The van der Waals surface area contributed by atoms with E-state index in [9.17, 15) is 4.79 Å². The fourth-order valence-corrected chi connectivity index (χ4v) is 2.90. The van der Waals surface area contributed by atoms with Gasteiger partial charge in [-0.25, -0.2) is 4.79 Å². The molecule has 110 valence electrons. The van der Waals surface area contributed by atoms with Gasteiger partial charge >= 0.3 is 5.97 Å². The lowest BCUT2D eigenvalue weighted by Crippen LogP contribution is -2.16. The number of carbonyl (C=O) groups is 1. The third-order valence-electron chi connectivity index (χ3n) is 3.67. The van der Waals surface area contributed by atoms with Crippen molar-refractivity contribution in [3.63, 3.8) is 0 Å². The smallest absolute Gasteiger partial charge is 0.344 e.